The van der Waals surface area contributed by atoms with Gasteiger partial charge in [-0.3, -0.25) is 0 Å². The minimum absolute atomic E-state index is 0.0563. The minimum Gasteiger partial charge on any atom is -0.811 e. The van der Waals surface area contributed by atoms with Gasteiger partial charge in [0.2, 0.25) is 0 Å². The summed E-state index contributed by atoms with van der Waals surface area (Å²) in [5.74, 6) is 0. The molecule has 0 radical (unpaired) electrons. The van der Waals surface area contributed by atoms with E-state index in [9.17, 15) is 14.4 Å². The van der Waals surface area contributed by atoms with Crippen LogP contribution < -0.4 is 9.79 Å². The Bertz CT molecular complexity index is 171. The lowest BCUT2D eigenvalue weighted by Crippen LogP contribution is -2.34. The van der Waals surface area contributed by atoms with Crippen molar-refractivity contribution >= 4 is 16.4 Å². The topological polar surface area (TPSA) is 124 Å². The van der Waals surface area contributed by atoms with Crippen LogP contribution in [0.5, 0.6) is 0 Å². The first-order chi connectivity index (χ1) is 5.21. The van der Waals surface area contributed by atoms with Gasteiger partial charge in [0.25, 0.3) is 0 Å². The van der Waals surface area contributed by atoms with E-state index in [0.717, 1.165) is 0 Å². The maximum atomic E-state index is 10.1. The van der Waals surface area contributed by atoms with Crippen molar-refractivity contribution in [2.75, 3.05) is 6.16 Å². The third-order valence-corrected chi connectivity index (χ3v) is 3.08. The van der Waals surface area contributed by atoms with Gasteiger partial charge in [-0.1, -0.05) is 7.60 Å². The van der Waals surface area contributed by atoms with Crippen LogP contribution in [0.25, 0.3) is 0 Å². The van der Waals surface area contributed by atoms with E-state index >= 15 is 0 Å². The normalized spacial score (nSPS) is 13.4. The first kappa shape index (κ1) is 12.2. The molecule has 0 fully saturated rings. The molecule has 3 N–H and O–H groups in total. The molecule has 0 aromatic carbocycles. The molecule has 74 valence electrons. The quantitative estimate of drug-likeness (QED) is 0.266. The lowest BCUT2D eigenvalue weighted by atomic mass is 10.4. The van der Waals surface area contributed by atoms with Crippen molar-refractivity contribution in [3.8, 4) is 0 Å². The predicted octanol–water partition coefficient (Wildman–Crippen LogP) is -2.40. The molecule has 0 aliphatic rings. The maximum Gasteiger partial charge on any atom is 0.492 e. The van der Waals surface area contributed by atoms with Crippen LogP contribution in [0.2, 0.25) is 6.04 Å². The molecule has 0 aliphatic carbocycles. The van der Waals surface area contributed by atoms with Gasteiger partial charge in [0.1, 0.15) is 0 Å². The van der Waals surface area contributed by atoms with E-state index in [0.29, 0.717) is 0 Å². The molecule has 6 nitrogen and oxygen atoms in total. The molecule has 0 saturated carbocycles. The summed E-state index contributed by atoms with van der Waals surface area (Å²) in [6.45, 7) is 0. The molecule has 0 rings (SSSR count). The smallest absolute Gasteiger partial charge is 0.492 e. The first-order valence-corrected chi connectivity index (χ1v) is 7.16. The highest BCUT2D eigenvalue weighted by atomic mass is 31.2. The molecule has 12 heavy (non-hydrogen) atoms. The fourth-order valence-corrected chi connectivity index (χ4v) is 2.00. The summed E-state index contributed by atoms with van der Waals surface area (Å²) in [5.41, 5.74) is 0. The average Bonchev–Trinajstić information content (AvgIpc) is 1.76. The van der Waals surface area contributed by atoms with Crippen molar-refractivity contribution in [2.45, 2.75) is 18.9 Å². The number of rotatable bonds is 5. The van der Waals surface area contributed by atoms with E-state index < -0.39 is 22.6 Å². The van der Waals surface area contributed by atoms with Gasteiger partial charge in [0.05, 0.1) is 0 Å². The van der Waals surface area contributed by atoms with E-state index in [1.165, 1.54) is 0 Å². The Morgan fingerprint density at radius 3 is 2.00 bits per heavy atom. The molecule has 0 amide bonds. The Morgan fingerprint density at radius 1 is 1.17 bits per heavy atom. The van der Waals surface area contributed by atoms with Crippen LogP contribution >= 0.6 is 7.60 Å². The molecule has 0 bridgehead atoms. The summed E-state index contributed by atoms with van der Waals surface area (Å²) in [5, 5.41) is 0. The van der Waals surface area contributed by atoms with Crippen molar-refractivity contribution in [1.29, 1.82) is 0 Å². The second-order valence-corrected chi connectivity index (χ2v) is 6.28. The lowest BCUT2D eigenvalue weighted by molar-refractivity contribution is -0.313. The zero-order chi connectivity index (χ0) is 9.83. The van der Waals surface area contributed by atoms with Crippen LogP contribution in [0.1, 0.15) is 12.8 Å². The first-order valence-electron chi connectivity index (χ1n) is 3.39. The number of hydrogen-bond donors (Lipinski definition) is 3. The standard InChI is InChI=1S/C4H13O6PSi/c5-11(6,7)3-1-2-4-12(8,9)10/h8-10H,1-4H2,(H2,5,6,7)/p-2. The van der Waals surface area contributed by atoms with Gasteiger partial charge >= 0.3 is 8.80 Å². The van der Waals surface area contributed by atoms with Crippen molar-refractivity contribution in [3.63, 3.8) is 0 Å². The second-order valence-electron chi connectivity index (χ2n) is 2.57. The monoisotopic (exact) mass is 214 g/mol. The van der Waals surface area contributed by atoms with E-state index in [4.69, 9.17) is 14.4 Å². The summed E-state index contributed by atoms with van der Waals surface area (Å²) >= 11 is 0. The van der Waals surface area contributed by atoms with Crippen LogP contribution in [0.3, 0.4) is 0 Å². The highest BCUT2D eigenvalue weighted by Crippen LogP contribution is 2.25. The molecule has 0 heterocycles. The van der Waals surface area contributed by atoms with Gasteiger partial charge in [0, 0.05) is 6.04 Å². The lowest BCUT2D eigenvalue weighted by Gasteiger charge is -2.29. The average molecular weight is 214 g/mol. The Hall–Kier alpha value is 0.247. The third kappa shape index (κ3) is 10.2. The van der Waals surface area contributed by atoms with E-state index in [1.807, 2.05) is 0 Å². The molecular weight excluding hydrogens is 203 g/mol. The fraction of sp³-hybridized carbons (Fsp3) is 1.00. The summed E-state index contributed by atoms with van der Waals surface area (Å²) in [4.78, 5) is 45.5. The molecule has 0 aromatic rings. The highest BCUT2D eigenvalue weighted by Gasteiger charge is 2.25. The van der Waals surface area contributed by atoms with Gasteiger partial charge < -0.3 is 28.7 Å². The third-order valence-electron chi connectivity index (χ3n) is 1.19. The second kappa shape index (κ2) is 4.47. The van der Waals surface area contributed by atoms with Gasteiger partial charge in [-0.25, -0.2) is 0 Å². The predicted molar refractivity (Wildman–Crippen MR) is 38.9 cm³/mol. The molecule has 0 unspecified atom stereocenters. The van der Waals surface area contributed by atoms with Gasteiger partial charge in [-0.15, -0.1) is 0 Å². The van der Waals surface area contributed by atoms with E-state index in [2.05, 4.69) is 0 Å². The summed E-state index contributed by atoms with van der Waals surface area (Å²) in [7, 11) is -8.52. The Morgan fingerprint density at radius 2 is 1.67 bits per heavy atom. The molecule has 0 spiro atoms. The Kier molecular flexibility index (Phi) is 4.57. The SMILES string of the molecule is O=P([O-])([O-])CCCC[Si](O)(O)O. The van der Waals surface area contributed by atoms with Crippen LogP contribution in [0.15, 0.2) is 0 Å². The van der Waals surface area contributed by atoms with Crippen LogP contribution in [0.4, 0.5) is 0 Å². The summed E-state index contributed by atoms with van der Waals surface area (Å²) in [6.07, 6.45) is -0.317. The van der Waals surface area contributed by atoms with Gasteiger partial charge in [-0.2, -0.15) is 0 Å². The molecular formula is C4H11O6PSi-2. The van der Waals surface area contributed by atoms with E-state index in [1.54, 1.807) is 0 Å². The molecule has 0 aromatic heterocycles. The van der Waals surface area contributed by atoms with Crippen molar-refractivity contribution in [2.24, 2.45) is 0 Å². The molecule has 0 saturated heterocycles. The largest absolute Gasteiger partial charge is 0.811 e. The highest BCUT2D eigenvalue weighted by molar-refractivity contribution is 7.48. The summed E-state index contributed by atoms with van der Waals surface area (Å²) < 4.78 is 10.1. The van der Waals surface area contributed by atoms with Crippen LogP contribution in [-0.4, -0.2) is 29.4 Å². The van der Waals surface area contributed by atoms with Gasteiger partial charge in [-0.05, 0) is 19.0 Å². The van der Waals surface area contributed by atoms with Crippen LogP contribution in [-0.2, 0) is 4.57 Å². The van der Waals surface area contributed by atoms with Gasteiger partial charge in [0.15, 0.2) is 0 Å². The number of hydrogen-bond acceptors (Lipinski definition) is 6. The van der Waals surface area contributed by atoms with Crippen molar-refractivity contribution < 1.29 is 28.7 Å². The molecule has 0 atom stereocenters. The van der Waals surface area contributed by atoms with E-state index in [-0.39, 0.29) is 18.9 Å². The minimum atomic E-state index is -4.48. The molecule has 8 heteroatoms. The fourth-order valence-electron chi connectivity index (χ4n) is 0.668. The Balaban J connectivity index is 3.41. The van der Waals surface area contributed by atoms with Crippen molar-refractivity contribution in [3.05, 3.63) is 0 Å². The number of unbranched alkanes of at least 4 members (excludes halogenated alkanes) is 1. The maximum absolute atomic E-state index is 10.1. The summed E-state index contributed by atoms with van der Waals surface area (Å²) in [6, 6.07) is -0.229. The van der Waals surface area contributed by atoms with Crippen LogP contribution in [0, 0.1) is 0 Å². The zero-order valence-electron chi connectivity index (χ0n) is 6.34. The zero-order valence-corrected chi connectivity index (χ0v) is 8.24. The molecule has 0 aliphatic heterocycles. The van der Waals surface area contributed by atoms with Crippen molar-refractivity contribution in [1.82, 2.24) is 0 Å². The Labute approximate surface area is 71.0 Å².